The molecule has 1 aliphatic rings. The average molecular weight is 261 g/mol. The van der Waals surface area contributed by atoms with Crippen LogP contribution in [0.15, 0.2) is 24.3 Å². The molecule has 0 radical (unpaired) electrons. The highest BCUT2D eigenvalue weighted by Gasteiger charge is 2.42. The van der Waals surface area contributed by atoms with E-state index in [1.807, 2.05) is 31.2 Å². The van der Waals surface area contributed by atoms with Crippen molar-refractivity contribution in [3.05, 3.63) is 29.8 Å². The number of hydrogen-bond donors (Lipinski definition) is 2. The number of carbonyl (C=O) groups excluding carboxylic acids is 1. The summed E-state index contributed by atoms with van der Waals surface area (Å²) in [6.45, 7) is 8.28. The first-order chi connectivity index (χ1) is 8.89. The van der Waals surface area contributed by atoms with Gasteiger partial charge in [-0.25, -0.2) is 0 Å². The molecule has 1 aliphatic heterocycles. The first kappa shape index (κ1) is 14.0. The Bertz CT molecular complexity index is 464. The van der Waals surface area contributed by atoms with Gasteiger partial charge in [-0.1, -0.05) is 26.0 Å². The Morgan fingerprint density at radius 1 is 1.47 bits per heavy atom. The number of likely N-dealkylation sites (tertiary alicyclic amines) is 1. The molecule has 0 unspecified atom stereocenters. The highest BCUT2D eigenvalue weighted by atomic mass is 16.2. The molecule has 0 atom stereocenters. The summed E-state index contributed by atoms with van der Waals surface area (Å²) >= 11 is 0. The zero-order valence-corrected chi connectivity index (χ0v) is 11.9. The number of nitrogens with one attached hydrogen (secondary N) is 1. The van der Waals surface area contributed by atoms with E-state index in [0.29, 0.717) is 12.5 Å². The first-order valence-electron chi connectivity index (χ1n) is 6.77. The van der Waals surface area contributed by atoms with Gasteiger partial charge in [0.05, 0.1) is 6.54 Å². The predicted molar refractivity (Wildman–Crippen MR) is 78.0 cm³/mol. The zero-order chi connectivity index (χ0) is 14.0. The molecule has 0 spiro atoms. The third-order valence-corrected chi connectivity index (χ3v) is 3.85. The van der Waals surface area contributed by atoms with Crippen LogP contribution in [0.3, 0.4) is 0 Å². The van der Waals surface area contributed by atoms with Crippen molar-refractivity contribution in [2.75, 3.05) is 25.0 Å². The number of rotatable bonds is 4. The zero-order valence-electron chi connectivity index (χ0n) is 11.9. The molecule has 1 amide bonds. The second kappa shape index (κ2) is 5.31. The average Bonchev–Trinajstić information content (AvgIpc) is 2.26. The van der Waals surface area contributed by atoms with E-state index in [4.69, 9.17) is 5.73 Å². The molecule has 1 fully saturated rings. The Hall–Kier alpha value is -1.39. The lowest BCUT2D eigenvalue weighted by Crippen LogP contribution is -2.70. The molecule has 19 heavy (non-hydrogen) atoms. The summed E-state index contributed by atoms with van der Waals surface area (Å²) in [5.74, 6) is 0.472. The third kappa shape index (κ3) is 3.33. The molecule has 1 saturated heterocycles. The van der Waals surface area contributed by atoms with Crippen LogP contribution < -0.4 is 11.1 Å². The van der Waals surface area contributed by atoms with Crippen LogP contribution in [0.4, 0.5) is 5.69 Å². The van der Waals surface area contributed by atoms with E-state index in [2.05, 4.69) is 24.1 Å². The predicted octanol–water partition coefficient (Wildman–Crippen LogP) is 1.60. The number of nitrogens with zero attached hydrogens (tertiary/aromatic N) is 1. The molecule has 0 aromatic heterocycles. The van der Waals surface area contributed by atoms with Gasteiger partial charge in [0.2, 0.25) is 5.91 Å². The van der Waals surface area contributed by atoms with Crippen molar-refractivity contribution in [1.29, 1.82) is 0 Å². The molecule has 1 aromatic carbocycles. The van der Waals surface area contributed by atoms with Crippen molar-refractivity contribution in [3.8, 4) is 0 Å². The SMILES string of the molecule is Cc1cccc(NC(=O)CN2CC(N)(C(C)C)C2)c1. The first-order valence-corrected chi connectivity index (χ1v) is 6.77. The van der Waals surface area contributed by atoms with Gasteiger partial charge >= 0.3 is 0 Å². The van der Waals surface area contributed by atoms with Crippen molar-refractivity contribution in [2.24, 2.45) is 11.7 Å². The second-order valence-electron chi connectivity index (χ2n) is 5.95. The van der Waals surface area contributed by atoms with Crippen LogP contribution >= 0.6 is 0 Å². The van der Waals surface area contributed by atoms with Crippen molar-refractivity contribution >= 4 is 11.6 Å². The van der Waals surface area contributed by atoms with Crippen LogP contribution in [0.25, 0.3) is 0 Å². The van der Waals surface area contributed by atoms with Crippen LogP contribution in [0.5, 0.6) is 0 Å². The van der Waals surface area contributed by atoms with E-state index in [0.717, 1.165) is 24.3 Å². The molecular formula is C15H23N3O. The summed E-state index contributed by atoms with van der Waals surface area (Å²) in [4.78, 5) is 14.0. The van der Waals surface area contributed by atoms with E-state index in [9.17, 15) is 4.79 Å². The smallest absolute Gasteiger partial charge is 0.238 e. The summed E-state index contributed by atoms with van der Waals surface area (Å²) in [5.41, 5.74) is 8.09. The molecular weight excluding hydrogens is 238 g/mol. The maximum Gasteiger partial charge on any atom is 0.238 e. The molecule has 4 heteroatoms. The number of anilines is 1. The number of benzene rings is 1. The molecule has 1 aromatic rings. The minimum absolute atomic E-state index is 0.0245. The molecule has 0 saturated carbocycles. The van der Waals surface area contributed by atoms with Crippen LogP contribution in [0, 0.1) is 12.8 Å². The van der Waals surface area contributed by atoms with Crippen molar-refractivity contribution in [3.63, 3.8) is 0 Å². The van der Waals surface area contributed by atoms with Crippen LogP contribution in [0.1, 0.15) is 19.4 Å². The highest BCUT2D eigenvalue weighted by Crippen LogP contribution is 2.25. The molecule has 0 bridgehead atoms. The largest absolute Gasteiger partial charge is 0.325 e. The monoisotopic (exact) mass is 261 g/mol. The van der Waals surface area contributed by atoms with E-state index in [-0.39, 0.29) is 11.4 Å². The van der Waals surface area contributed by atoms with Gasteiger partial charge in [-0.15, -0.1) is 0 Å². The molecule has 0 aliphatic carbocycles. The molecule has 1 heterocycles. The van der Waals surface area contributed by atoms with Gasteiger partial charge in [-0.05, 0) is 30.5 Å². The van der Waals surface area contributed by atoms with Gasteiger partial charge in [-0.3, -0.25) is 9.69 Å². The lowest BCUT2D eigenvalue weighted by Gasteiger charge is -2.50. The fourth-order valence-electron chi connectivity index (χ4n) is 2.39. The summed E-state index contributed by atoms with van der Waals surface area (Å²) < 4.78 is 0. The summed E-state index contributed by atoms with van der Waals surface area (Å²) in [5, 5.41) is 2.92. The summed E-state index contributed by atoms with van der Waals surface area (Å²) in [6, 6.07) is 7.83. The molecule has 2 rings (SSSR count). The van der Waals surface area contributed by atoms with Gasteiger partial charge in [0, 0.05) is 24.3 Å². The Morgan fingerprint density at radius 2 is 2.16 bits per heavy atom. The molecule has 104 valence electrons. The molecule has 4 nitrogen and oxygen atoms in total. The number of aryl methyl sites for hydroxylation is 1. The number of amides is 1. The van der Waals surface area contributed by atoms with Crippen molar-refractivity contribution < 1.29 is 4.79 Å². The van der Waals surface area contributed by atoms with Crippen molar-refractivity contribution in [2.45, 2.75) is 26.3 Å². The Morgan fingerprint density at radius 3 is 2.74 bits per heavy atom. The number of nitrogens with two attached hydrogens (primary N) is 1. The fourth-order valence-corrected chi connectivity index (χ4v) is 2.39. The normalized spacial score (nSPS) is 18.2. The Labute approximate surface area is 115 Å². The van der Waals surface area contributed by atoms with Crippen LogP contribution in [-0.4, -0.2) is 36.0 Å². The quantitative estimate of drug-likeness (QED) is 0.865. The third-order valence-electron chi connectivity index (χ3n) is 3.85. The maximum atomic E-state index is 11.9. The Kier molecular flexibility index (Phi) is 3.92. The molecule has 3 N–H and O–H groups in total. The van der Waals surface area contributed by atoms with Gasteiger partial charge in [0.25, 0.3) is 0 Å². The standard InChI is InChI=1S/C15H23N3O/c1-11(2)15(16)9-18(10-15)8-14(19)17-13-6-4-5-12(3)7-13/h4-7,11H,8-10,16H2,1-3H3,(H,17,19). The maximum absolute atomic E-state index is 11.9. The van der Waals surface area contributed by atoms with E-state index in [1.165, 1.54) is 0 Å². The van der Waals surface area contributed by atoms with Crippen LogP contribution in [-0.2, 0) is 4.79 Å². The van der Waals surface area contributed by atoms with Gasteiger partial charge in [0.1, 0.15) is 0 Å². The van der Waals surface area contributed by atoms with Gasteiger partial charge in [-0.2, -0.15) is 0 Å². The van der Waals surface area contributed by atoms with Gasteiger partial charge < -0.3 is 11.1 Å². The fraction of sp³-hybridized carbons (Fsp3) is 0.533. The highest BCUT2D eigenvalue weighted by molar-refractivity contribution is 5.92. The minimum atomic E-state index is -0.121. The van der Waals surface area contributed by atoms with E-state index in [1.54, 1.807) is 0 Å². The topological polar surface area (TPSA) is 58.4 Å². The second-order valence-corrected chi connectivity index (χ2v) is 5.95. The Balaban J connectivity index is 1.81. The minimum Gasteiger partial charge on any atom is -0.325 e. The van der Waals surface area contributed by atoms with E-state index >= 15 is 0 Å². The van der Waals surface area contributed by atoms with E-state index < -0.39 is 0 Å². The lowest BCUT2D eigenvalue weighted by molar-refractivity contribution is -0.119. The summed E-state index contributed by atoms with van der Waals surface area (Å²) in [7, 11) is 0. The lowest BCUT2D eigenvalue weighted by atomic mass is 9.80. The van der Waals surface area contributed by atoms with Gasteiger partial charge in [0.15, 0.2) is 0 Å². The number of carbonyl (C=O) groups is 1. The van der Waals surface area contributed by atoms with Crippen molar-refractivity contribution in [1.82, 2.24) is 4.90 Å². The number of hydrogen-bond acceptors (Lipinski definition) is 3. The van der Waals surface area contributed by atoms with Crippen LogP contribution in [0.2, 0.25) is 0 Å². The summed E-state index contributed by atoms with van der Waals surface area (Å²) in [6.07, 6.45) is 0.